The Morgan fingerprint density at radius 1 is 1.00 bits per heavy atom. The molecule has 2 heterocycles. The molecule has 0 radical (unpaired) electrons. The number of benzene rings is 2. The first-order valence-corrected chi connectivity index (χ1v) is 12.1. The average molecular weight is 494 g/mol. The third-order valence-corrected chi connectivity index (χ3v) is 6.88. The lowest BCUT2D eigenvalue weighted by Crippen LogP contribution is -2.29. The van der Waals surface area contributed by atoms with Crippen LogP contribution >= 0.6 is 11.3 Å². The first-order valence-electron chi connectivity index (χ1n) is 11.2. The number of hydrogen-bond acceptors (Lipinski definition) is 7. The zero-order valence-corrected chi connectivity index (χ0v) is 20.8. The third-order valence-electron chi connectivity index (χ3n) is 5.81. The molecule has 35 heavy (non-hydrogen) atoms. The first kappa shape index (κ1) is 24.3. The second kappa shape index (κ2) is 10.2. The molecule has 0 spiro atoms. The summed E-state index contributed by atoms with van der Waals surface area (Å²) in [6.07, 6.45) is 0.875. The van der Waals surface area contributed by atoms with E-state index in [0.29, 0.717) is 35.1 Å². The van der Waals surface area contributed by atoms with Gasteiger partial charge in [-0.15, -0.1) is 11.3 Å². The van der Waals surface area contributed by atoms with Gasteiger partial charge in [0, 0.05) is 28.6 Å². The van der Waals surface area contributed by atoms with Gasteiger partial charge in [0.15, 0.2) is 0 Å². The van der Waals surface area contributed by atoms with E-state index in [9.17, 15) is 14.7 Å². The Hall–Kier alpha value is -3.78. The van der Waals surface area contributed by atoms with Crippen molar-refractivity contribution in [2.24, 2.45) is 0 Å². The van der Waals surface area contributed by atoms with E-state index >= 15 is 0 Å². The molecule has 3 aromatic rings. The fourth-order valence-electron chi connectivity index (χ4n) is 4.03. The number of aliphatic hydroxyl groups excluding tert-OH is 1. The van der Waals surface area contributed by atoms with Crippen LogP contribution in [0.1, 0.15) is 35.4 Å². The van der Waals surface area contributed by atoms with Crippen molar-refractivity contribution in [2.75, 3.05) is 25.7 Å². The Labute approximate surface area is 208 Å². The van der Waals surface area contributed by atoms with Gasteiger partial charge in [0.05, 0.1) is 32.1 Å². The van der Waals surface area contributed by atoms with Crippen molar-refractivity contribution >= 4 is 34.5 Å². The van der Waals surface area contributed by atoms with Crippen LogP contribution in [0, 0.1) is 6.92 Å². The van der Waals surface area contributed by atoms with Crippen molar-refractivity contribution in [1.29, 1.82) is 0 Å². The summed E-state index contributed by atoms with van der Waals surface area (Å²) < 4.78 is 16.4. The standard InChI is InChI=1S/C27H27NO6S/c1-5-11-34-19-8-6-17(7-9-19)24(29)22-23(26-16(2)10-12-35-26)28(27(31)25(22)30)18-13-20(32-3)15-21(14-18)33-4/h6-10,12-15,23,29H,5,11H2,1-4H3/b24-22-. The molecule has 182 valence electrons. The molecule has 8 heteroatoms. The Kier molecular flexibility index (Phi) is 7.12. The van der Waals surface area contributed by atoms with E-state index in [1.165, 1.54) is 30.5 Å². The van der Waals surface area contributed by atoms with E-state index in [4.69, 9.17) is 14.2 Å². The third kappa shape index (κ3) is 4.61. The van der Waals surface area contributed by atoms with E-state index in [-0.39, 0.29) is 11.3 Å². The number of carbonyl (C=O) groups excluding carboxylic acids is 2. The fraction of sp³-hybridized carbons (Fsp3) is 0.259. The van der Waals surface area contributed by atoms with Crippen molar-refractivity contribution in [2.45, 2.75) is 26.3 Å². The first-order chi connectivity index (χ1) is 16.9. The molecule has 0 aliphatic carbocycles. The highest BCUT2D eigenvalue weighted by molar-refractivity contribution is 7.10. The van der Waals surface area contributed by atoms with Crippen molar-refractivity contribution in [3.8, 4) is 17.2 Å². The van der Waals surface area contributed by atoms with Crippen LogP contribution in [0.5, 0.6) is 17.2 Å². The number of amides is 1. The smallest absolute Gasteiger partial charge is 0.300 e. The zero-order valence-electron chi connectivity index (χ0n) is 20.0. The van der Waals surface area contributed by atoms with Crippen LogP contribution in [-0.2, 0) is 9.59 Å². The number of thiophene rings is 1. The minimum atomic E-state index is -0.803. The van der Waals surface area contributed by atoms with E-state index in [1.807, 2.05) is 25.3 Å². The number of methoxy groups -OCH3 is 2. The van der Waals surface area contributed by atoms with Crippen LogP contribution in [-0.4, -0.2) is 37.6 Å². The molecule has 0 bridgehead atoms. The second-order valence-electron chi connectivity index (χ2n) is 8.08. The Balaban J connectivity index is 1.87. The summed E-state index contributed by atoms with van der Waals surface area (Å²) in [6, 6.07) is 13.0. The van der Waals surface area contributed by atoms with Crippen LogP contribution in [0.4, 0.5) is 5.69 Å². The molecule has 1 saturated heterocycles. The molecule has 1 aliphatic heterocycles. The highest BCUT2D eigenvalue weighted by atomic mass is 32.1. The molecule has 4 rings (SSSR count). The van der Waals surface area contributed by atoms with Gasteiger partial charge in [-0.1, -0.05) is 6.92 Å². The summed E-state index contributed by atoms with van der Waals surface area (Å²) in [5.74, 6) is -0.106. The maximum absolute atomic E-state index is 13.4. The van der Waals surface area contributed by atoms with Crippen LogP contribution in [0.25, 0.3) is 5.76 Å². The molecule has 2 aromatic carbocycles. The van der Waals surface area contributed by atoms with Crippen molar-refractivity contribution in [1.82, 2.24) is 0 Å². The number of ketones is 1. The molecular formula is C27H27NO6S. The summed E-state index contributed by atoms with van der Waals surface area (Å²) in [6.45, 7) is 4.51. The number of carbonyl (C=O) groups is 2. The van der Waals surface area contributed by atoms with E-state index in [2.05, 4.69) is 0 Å². The predicted molar refractivity (Wildman–Crippen MR) is 136 cm³/mol. The van der Waals surface area contributed by atoms with Gasteiger partial charge in [0.25, 0.3) is 11.7 Å². The Morgan fingerprint density at radius 2 is 1.66 bits per heavy atom. The van der Waals surface area contributed by atoms with Crippen LogP contribution in [0.3, 0.4) is 0 Å². The Morgan fingerprint density at radius 3 is 2.20 bits per heavy atom. The lowest BCUT2D eigenvalue weighted by atomic mass is 9.98. The zero-order chi connectivity index (χ0) is 25.1. The number of anilines is 1. The van der Waals surface area contributed by atoms with Crippen molar-refractivity contribution in [3.63, 3.8) is 0 Å². The van der Waals surface area contributed by atoms with E-state index in [1.54, 1.807) is 42.5 Å². The lowest BCUT2D eigenvalue weighted by Gasteiger charge is -2.25. The minimum Gasteiger partial charge on any atom is -0.507 e. The SMILES string of the molecule is CCCOc1ccc(/C(O)=C2/C(=O)C(=O)N(c3cc(OC)cc(OC)c3)C2c2sccc2C)cc1. The van der Waals surface area contributed by atoms with Gasteiger partial charge in [0.1, 0.15) is 29.0 Å². The maximum atomic E-state index is 13.4. The highest BCUT2D eigenvalue weighted by Crippen LogP contribution is 2.46. The molecule has 1 N–H and O–H groups in total. The molecular weight excluding hydrogens is 466 g/mol. The van der Waals surface area contributed by atoms with Crippen LogP contribution in [0.2, 0.25) is 0 Å². The summed E-state index contributed by atoms with van der Waals surface area (Å²) in [7, 11) is 3.03. The fourth-order valence-corrected chi connectivity index (χ4v) is 5.05. The monoisotopic (exact) mass is 493 g/mol. The number of ether oxygens (including phenoxy) is 3. The average Bonchev–Trinajstić information content (AvgIpc) is 3.42. The van der Waals surface area contributed by atoms with Gasteiger partial charge < -0.3 is 19.3 Å². The van der Waals surface area contributed by atoms with Gasteiger partial charge in [-0.3, -0.25) is 14.5 Å². The second-order valence-corrected chi connectivity index (χ2v) is 9.03. The molecule has 0 saturated carbocycles. The highest BCUT2D eigenvalue weighted by Gasteiger charge is 2.48. The van der Waals surface area contributed by atoms with Gasteiger partial charge in [-0.05, 0) is 54.6 Å². The number of rotatable bonds is 8. The minimum absolute atomic E-state index is 0.0320. The molecule has 1 aliphatic rings. The predicted octanol–water partition coefficient (Wildman–Crippen LogP) is 5.49. The Bertz CT molecular complexity index is 1250. The van der Waals surface area contributed by atoms with Crippen LogP contribution < -0.4 is 19.1 Å². The quantitative estimate of drug-likeness (QED) is 0.254. The summed E-state index contributed by atoms with van der Waals surface area (Å²) >= 11 is 1.42. The molecule has 7 nitrogen and oxygen atoms in total. The van der Waals surface area contributed by atoms with Gasteiger partial charge >= 0.3 is 0 Å². The van der Waals surface area contributed by atoms with Gasteiger partial charge in [-0.25, -0.2) is 0 Å². The number of aliphatic hydroxyl groups is 1. The molecule has 1 aromatic heterocycles. The number of nitrogens with zero attached hydrogens (tertiary/aromatic N) is 1. The van der Waals surface area contributed by atoms with Crippen LogP contribution in [0.15, 0.2) is 59.5 Å². The molecule has 1 unspecified atom stereocenters. The summed E-state index contributed by atoms with van der Waals surface area (Å²) in [4.78, 5) is 28.9. The van der Waals surface area contributed by atoms with Gasteiger partial charge in [0.2, 0.25) is 0 Å². The lowest BCUT2D eigenvalue weighted by molar-refractivity contribution is -0.132. The number of Topliss-reactive ketones (excluding diaryl/α,β-unsaturated/α-hetero) is 1. The van der Waals surface area contributed by atoms with E-state index in [0.717, 1.165) is 16.9 Å². The molecule has 1 fully saturated rings. The number of aryl methyl sites for hydroxylation is 1. The molecule has 1 amide bonds. The summed E-state index contributed by atoms with van der Waals surface area (Å²) in [5, 5.41) is 13.2. The van der Waals surface area contributed by atoms with Gasteiger partial charge in [-0.2, -0.15) is 0 Å². The normalized spacial score (nSPS) is 17.0. The number of hydrogen-bond donors (Lipinski definition) is 1. The van der Waals surface area contributed by atoms with Crippen molar-refractivity contribution < 1.29 is 28.9 Å². The summed E-state index contributed by atoms with van der Waals surface area (Å²) in [5.41, 5.74) is 1.80. The maximum Gasteiger partial charge on any atom is 0.300 e. The van der Waals surface area contributed by atoms with Crippen molar-refractivity contribution in [3.05, 3.63) is 75.5 Å². The molecule has 1 atom stereocenters. The largest absolute Gasteiger partial charge is 0.507 e. The van der Waals surface area contributed by atoms with E-state index < -0.39 is 17.7 Å². The topological polar surface area (TPSA) is 85.3 Å².